The molecule has 1 aliphatic rings. The molecule has 3 heterocycles. The minimum absolute atomic E-state index is 0.450. The number of aromatic nitrogens is 2. The van der Waals surface area contributed by atoms with Crippen molar-refractivity contribution < 1.29 is 0 Å². The second kappa shape index (κ2) is 23.4. The van der Waals surface area contributed by atoms with Gasteiger partial charge in [-0.2, -0.15) is 0 Å². The first-order valence-corrected chi connectivity index (χ1v) is 23.4. The SMILES string of the molecule is CC(C)c1cc(Cl)cc2cccnc12.CC(C)c1ccc2c(c1)CC=N2.Cc1ccc(Cl)cc1C(C)C.Cc1ccc(Cl)cc1C(C)C.Cc1nc2ccc(C(C)C)cc2s1. The number of halogens is 3. The number of thiazole rings is 1. The Morgan fingerprint density at radius 2 is 1.08 bits per heavy atom. The fourth-order valence-corrected chi connectivity index (χ4v) is 8.47. The zero-order chi connectivity index (χ0) is 45.0. The van der Waals surface area contributed by atoms with Crippen molar-refractivity contribution in [1.82, 2.24) is 9.97 Å². The molecule has 2 aromatic heterocycles. The average molecular weight is 894 g/mol. The van der Waals surface area contributed by atoms with Crippen LogP contribution in [0.5, 0.6) is 0 Å². The molecular weight excluding hydrogens is 829 g/mol. The summed E-state index contributed by atoms with van der Waals surface area (Å²) >= 11 is 19.5. The molecule has 0 fully saturated rings. The first-order valence-electron chi connectivity index (χ1n) is 21.4. The van der Waals surface area contributed by atoms with Gasteiger partial charge in [0.05, 0.1) is 26.4 Å². The lowest BCUT2D eigenvalue weighted by molar-refractivity contribution is 0.856. The highest BCUT2D eigenvalue weighted by molar-refractivity contribution is 7.18. The molecule has 0 saturated heterocycles. The molecule has 3 nitrogen and oxygen atoms in total. The third-order valence-corrected chi connectivity index (χ3v) is 12.2. The van der Waals surface area contributed by atoms with E-state index in [0.29, 0.717) is 29.6 Å². The number of rotatable bonds is 5. The van der Waals surface area contributed by atoms with Gasteiger partial charge in [-0.1, -0.05) is 140 Å². The highest BCUT2D eigenvalue weighted by atomic mass is 35.5. The van der Waals surface area contributed by atoms with Gasteiger partial charge in [0.25, 0.3) is 0 Å². The number of hydrogen-bond donors (Lipinski definition) is 0. The van der Waals surface area contributed by atoms with Crippen LogP contribution < -0.4 is 0 Å². The number of hydrogen-bond acceptors (Lipinski definition) is 4. The van der Waals surface area contributed by atoms with E-state index in [-0.39, 0.29) is 0 Å². The Labute approximate surface area is 385 Å². The summed E-state index contributed by atoms with van der Waals surface area (Å²) in [6, 6.07) is 33.1. The van der Waals surface area contributed by atoms with Gasteiger partial charge in [-0.15, -0.1) is 11.3 Å². The summed E-state index contributed by atoms with van der Waals surface area (Å²) in [4.78, 5) is 13.1. The maximum absolute atomic E-state index is 6.04. The van der Waals surface area contributed by atoms with E-state index in [1.165, 1.54) is 49.2 Å². The van der Waals surface area contributed by atoms with E-state index >= 15 is 0 Å². The quantitative estimate of drug-likeness (QED) is 0.173. The van der Waals surface area contributed by atoms with Gasteiger partial charge in [0.2, 0.25) is 0 Å². The van der Waals surface area contributed by atoms with Crippen LogP contribution >= 0.6 is 46.1 Å². The first kappa shape index (κ1) is 49.6. The number of aliphatic imine (C=N–C) groups is 1. The maximum Gasteiger partial charge on any atom is 0.0907 e. The van der Waals surface area contributed by atoms with Crippen LogP contribution in [-0.4, -0.2) is 16.2 Å². The summed E-state index contributed by atoms with van der Waals surface area (Å²) in [6.45, 7) is 28.2. The van der Waals surface area contributed by atoms with Crippen molar-refractivity contribution in [3.05, 3.63) is 168 Å². The molecule has 0 saturated carbocycles. The van der Waals surface area contributed by atoms with Crippen molar-refractivity contribution in [3.8, 4) is 0 Å². The van der Waals surface area contributed by atoms with Crippen LogP contribution in [0.1, 0.15) is 148 Å². The zero-order valence-electron chi connectivity index (χ0n) is 38.4. The second-order valence-electron chi connectivity index (χ2n) is 17.2. The van der Waals surface area contributed by atoms with E-state index in [4.69, 9.17) is 34.8 Å². The Bertz CT molecular complexity index is 2470. The highest BCUT2D eigenvalue weighted by Gasteiger charge is 2.10. The summed E-state index contributed by atoms with van der Waals surface area (Å²) < 4.78 is 1.31. The van der Waals surface area contributed by atoms with Crippen molar-refractivity contribution in [2.45, 2.75) is 126 Å². The topological polar surface area (TPSA) is 38.1 Å². The van der Waals surface area contributed by atoms with Crippen molar-refractivity contribution in [2.75, 3.05) is 0 Å². The smallest absolute Gasteiger partial charge is 0.0907 e. The molecule has 0 amide bonds. The van der Waals surface area contributed by atoms with Gasteiger partial charge >= 0.3 is 0 Å². The van der Waals surface area contributed by atoms with Crippen LogP contribution in [0.3, 0.4) is 0 Å². The Morgan fingerprint density at radius 3 is 1.62 bits per heavy atom. The van der Waals surface area contributed by atoms with E-state index in [1.54, 1.807) is 11.3 Å². The van der Waals surface area contributed by atoms with Gasteiger partial charge in [0.15, 0.2) is 0 Å². The van der Waals surface area contributed by atoms with Gasteiger partial charge in [0.1, 0.15) is 0 Å². The van der Waals surface area contributed by atoms with Gasteiger partial charge in [-0.25, -0.2) is 4.98 Å². The van der Waals surface area contributed by atoms with E-state index in [2.05, 4.69) is 153 Å². The Kier molecular flexibility index (Phi) is 19.0. The van der Waals surface area contributed by atoms with Crippen molar-refractivity contribution in [1.29, 1.82) is 0 Å². The molecule has 0 radical (unpaired) electrons. The van der Waals surface area contributed by atoms with Crippen LogP contribution in [0.2, 0.25) is 15.1 Å². The minimum atomic E-state index is 0.450. The molecule has 1 aliphatic heterocycles. The van der Waals surface area contributed by atoms with E-state index in [9.17, 15) is 0 Å². The zero-order valence-corrected chi connectivity index (χ0v) is 41.5. The summed E-state index contributed by atoms with van der Waals surface area (Å²) in [6.07, 6.45) is 4.81. The fraction of sp³-hybridized carbons (Fsp3) is 0.352. The minimum Gasteiger partial charge on any atom is -0.261 e. The molecular formula is C54H64Cl3N3S. The molecule has 0 unspecified atom stereocenters. The van der Waals surface area contributed by atoms with Crippen LogP contribution in [0.25, 0.3) is 21.1 Å². The monoisotopic (exact) mass is 891 g/mol. The number of pyridine rings is 1. The lowest BCUT2D eigenvalue weighted by atomic mass is 9.98. The second-order valence-corrected chi connectivity index (χ2v) is 19.8. The summed E-state index contributed by atoms with van der Waals surface area (Å²) in [5, 5.41) is 4.72. The first-order chi connectivity index (χ1) is 28.8. The van der Waals surface area contributed by atoms with Crippen LogP contribution in [0.15, 0.2) is 108 Å². The van der Waals surface area contributed by atoms with Gasteiger partial charge in [-0.3, -0.25) is 9.98 Å². The highest BCUT2D eigenvalue weighted by Crippen LogP contribution is 2.30. The number of aryl methyl sites for hydroxylation is 3. The van der Waals surface area contributed by atoms with Crippen LogP contribution in [0.4, 0.5) is 5.69 Å². The van der Waals surface area contributed by atoms with E-state index in [0.717, 1.165) is 48.6 Å². The summed E-state index contributed by atoms with van der Waals surface area (Å²) in [5.41, 5.74) is 14.1. The van der Waals surface area contributed by atoms with Gasteiger partial charge in [0, 0.05) is 39.3 Å². The third kappa shape index (κ3) is 14.8. The Balaban J connectivity index is 0.000000168. The summed E-state index contributed by atoms with van der Waals surface area (Å²) in [7, 11) is 0. The Hall–Kier alpha value is -4.06. The van der Waals surface area contributed by atoms with Crippen LogP contribution in [0, 0.1) is 20.8 Å². The number of nitrogens with zero attached hydrogens (tertiary/aromatic N) is 3. The standard InChI is InChI=1S/C12H12ClN.C11H13NS.C11H13N.2C10H13Cl/c1-8(2)11-7-10(13)6-9-4-3-5-14-12(9)11;1-7(2)9-4-5-10-11(6-9)13-8(3)12-10;1-8(2)9-3-4-11-10(7-9)5-6-12-11;2*1-7(2)10-6-9(11)5-4-8(10)3/h3-8H,1-2H3;4-7H,1-3H3;3-4,6-8H,5H2,1-2H3;2*4-7H,1-3H3. The lowest BCUT2D eigenvalue weighted by Crippen LogP contribution is -1.91. The molecule has 0 N–H and O–H groups in total. The molecule has 7 heteroatoms. The molecule has 8 rings (SSSR count). The molecule has 5 aromatic carbocycles. The lowest BCUT2D eigenvalue weighted by Gasteiger charge is -2.09. The summed E-state index contributed by atoms with van der Waals surface area (Å²) in [5.74, 6) is 2.80. The fourth-order valence-electron chi connectivity index (χ4n) is 7.00. The number of fused-ring (bicyclic) bond motifs is 3. The predicted molar refractivity (Wildman–Crippen MR) is 272 cm³/mol. The maximum atomic E-state index is 6.04. The van der Waals surface area contributed by atoms with E-state index in [1.807, 2.05) is 60.9 Å². The predicted octanol–water partition coefficient (Wildman–Crippen LogP) is 18.4. The molecule has 0 spiro atoms. The van der Waals surface area contributed by atoms with Crippen molar-refractivity contribution >= 4 is 79.2 Å². The average Bonchev–Trinajstić information content (AvgIpc) is 3.85. The normalized spacial score (nSPS) is 11.6. The largest absolute Gasteiger partial charge is 0.261 e. The molecule has 0 bridgehead atoms. The molecule has 0 atom stereocenters. The molecule has 322 valence electrons. The Morgan fingerprint density at radius 1 is 0.541 bits per heavy atom. The molecule has 7 aromatic rings. The van der Waals surface area contributed by atoms with Crippen LogP contribution in [-0.2, 0) is 6.42 Å². The van der Waals surface area contributed by atoms with Gasteiger partial charge < -0.3 is 0 Å². The third-order valence-electron chi connectivity index (χ3n) is 10.5. The number of benzene rings is 5. The molecule has 0 aliphatic carbocycles. The molecule has 61 heavy (non-hydrogen) atoms. The van der Waals surface area contributed by atoms with Crippen molar-refractivity contribution in [3.63, 3.8) is 0 Å². The van der Waals surface area contributed by atoms with Gasteiger partial charge in [-0.05, 0) is 156 Å². The van der Waals surface area contributed by atoms with E-state index < -0.39 is 0 Å². The van der Waals surface area contributed by atoms with Crippen molar-refractivity contribution in [2.24, 2.45) is 4.99 Å².